The highest BCUT2D eigenvalue weighted by molar-refractivity contribution is 7.99. The van der Waals surface area contributed by atoms with Crippen LogP contribution in [0.2, 0.25) is 10.0 Å². The van der Waals surface area contributed by atoms with Gasteiger partial charge in [0.05, 0.1) is 14.9 Å². The molecule has 0 aliphatic heterocycles. The molecule has 1 rings (SSSR count). The van der Waals surface area contributed by atoms with E-state index in [2.05, 4.69) is 4.98 Å². The molecule has 0 aliphatic rings. The van der Waals surface area contributed by atoms with Crippen LogP contribution in [-0.4, -0.2) is 10.7 Å². The summed E-state index contributed by atoms with van der Waals surface area (Å²) in [7, 11) is 0. The van der Waals surface area contributed by atoms with Gasteiger partial charge in [0.15, 0.2) is 0 Å². The van der Waals surface area contributed by atoms with Crippen LogP contribution in [0.4, 0.5) is 11.6 Å². The summed E-state index contributed by atoms with van der Waals surface area (Å²) in [5.41, 5.74) is 11.1. The van der Waals surface area contributed by atoms with E-state index in [0.717, 1.165) is 5.75 Å². The minimum atomic E-state index is 0.222. The molecule has 0 radical (unpaired) electrons. The van der Waals surface area contributed by atoms with E-state index in [1.165, 1.54) is 11.8 Å². The summed E-state index contributed by atoms with van der Waals surface area (Å²) in [6.45, 7) is 1.99. The molecule has 1 heterocycles. The number of hydrogen-bond donors (Lipinski definition) is 2. The lowest BCUT2D eigenvalue weighted by Crippen LogP contribution is -1.99. The fourth-order valence-corrected chi connectivity index (χ4v) is 2.23. The van der Waals surface area contributed by atoms with Gasteiger partial charge in [-0.15, -0.1) is 11.8 Å². The van der Waals surface area contributed by atoms with E-state index >= 15 is 0 Å². The normalized spacial score (nSPS) is 10.4. The number of hydrogen-bond acceptors (Lipinski definition) is 4. The Morgan fingerprint density at radius 1 is 1.23 bits per heavy atom. The van der Waals surface area contributed by atoms with Gasteiger partial charge in [-0.1, -0.05) is 30.1 Å². The van der Waals surface area contributed by atoms with E-state index in [-0.39, 0.29) is 11.6 Å². The Balaban J connectivity index is 3.28. The molecule has 0 aliphatic carbocycles. The maximum atomic E-state index is 5.90. The van der Waals surface area contributed by atoms with Crippen molar-refractivity contribution in [3.63, 3.8) is 0 Å². The molecule has 0 unspecified atom stereocenters. The molecule has 0 spiro atoms. The molecule has 0 saturated heterocycles. The lowest BCUT2D eigenvalue weighted by molar-refractivity contribution is 1.28. The van der Waals surface area contributed by atoms with Crippen LogP contribution in [0.1, 0.15) is 6.92 Å². The molecular formula is C7H9Cl2N3S. The van der Waals surface area contributed by atoms with Crippen LogP contribution in [0, 0.1) is 0 Å². The van der Waals surface area contributed by atoms with E-state index in [1.807, 2.05) is 6.92 Å². The molecule has 4 N–H and O–H groups in total. The van der Waals surface area contributed by atoms with Crippen molar-refractivity contribution in [2.75, 3.05) is 17.2 Å². The summed E-state index contributed by atoms with van der Waals surface area (Å²) >= 11 is 13.3. The van der Waals surface area contributed by atoms with Gasteiger partial charge in [-0.2, -0.15) is 0 Å². The van der Waals surface area contributed by atoms with Crippen LogP contribution in [0.15, 0.2) is 4.90 Å². The number of anilines is 2. The summed E-state index contributed by atoms with van der Waals surface area (Å²) in [5.74, 6) is 1.29. The molecule has 6 heteroatoms. The molecule has 0 bridgehead atoms. The van der Waals surface area contributed by atoms with E-state index in [9.17, 15) is 0 Å². The molecule has 13 heavy (non-hydrogen) atoms. The predicted molar refractivity (Wildman–Crippen MR) is 59.5 cm³/mol. The molecule has 0 aromatic carbocycles. The summed E-state index contributed by atoms with van der Waals surface area (Å²) in [5, 5.41) is 0.761. The molecule has 3 nitrogen and oxygen atoms in total. The largest absolute Gasteiger partial charge is 0.382 e. The zero-order valence-electron chi connectivity index (χ0n) is 6.97. The highest BCUT2D eigenvalue weighted by Crippen LogP contribution is 2.39. The average molecular weight is 238 g/mol. The van der Waals surface area contributed by atoms with Crippen molar-refractivity contribution >= 4 is 46.6 Å². The van der Waals surface area contributed by atoms with Gasteiger partial charge in [0.2, 0.25) is 0 Å². The minimum absolute atomic E-state index is 0.222. The molecule has 0 atom stereocenters. The summed E-state index contributed by atoms with van der Waals surface area (Å²) in [6.07, 6.45) is 0. The van der Waals surface area contributed by atoms with Crippen LogP contribution in [0.5, 0.6) is 0 Å². The van der Waals surface area contributed by atoms with Crippen molar-refractivity contribution in [2.24, 2.45) is 0 Å². The van der Waals surface area contributed by atoms with E-state index in [4.69, 9.17) is 34.7 Å². The van der Waals surface area contributed by atoms with Gasteiger partial charge in [-0.05, 0) is 5.75 Å². The molecule has 72 valence electrons. The smallest absolute Gasteiger partial charge is 0.145 e. The highest BCUT2D eigenvalue weighted by Gasteiger charge is 2.13. The third kappa shape index (κ3) is 2.13. The van der Waals surface area contributed by atoms with Crippen molar-refractivity contribution in [3.8, 4) is 0 Å². The Bertz CT molecular complexity index is 304. The summed E-state index contributed by atoms with van der Waals surface area (Å²) < 4.78 is 0. The van der Waals surface area contributed by atoms with Crippen LogP contribution < -0.4 is 11.5 Å². The van der Waals surface area contributed by atoms with Gasteiger partial charge < -0.3 is 11.5 Å². The van der Waals surface area contributed by atoms with Gasteiger partial charge in [0, 0.05) is 0 Å². The molecule has 1 aromatic heterocycles. The molecular weight excluding hydrogens is 229 g/mol. The number of rotatable bonds is 2. The molecule has 0 amide bonds. The SMILES string of the molecule is CCSc1c(Cl)c(N)nc(N)c1Cl. The van der Waals surface area contributed by atoms with Gasteiger partial charge in [-0.25, -0.2) is 4.98 Å². The van der Waals surface area contributed by atoms with Crippen molar-refractivity contribution in [1.82, 2.24) is 4.98 Å². The lowest BCUT2D eigenvalue weighted by Gasteiger charge is -2.08. The predicted octanol–water partition coefficient (Wildman–Crippen LogP) is 2.66. The van der Waals surface area contributed by atoms with Crippen LogP contribution >= 0.6 is 35.0 Å². The maximum Gasteiger partial charge on any atom is 0.145 e. The zero-order chi connectivity index (χ0) is 10.0. The number of nitrogen functional groups attached to an aromatic ring is 2. The Hall–Kier alpha value is -0.320. The van der Waals surface area contributed by atoms with Crippen LogP contribution in [0.3, 0.4) is 0 Å². The van der Waals surface area contributed by atoms with E-state index in [1.54, 1.807) is 0 Å². The van der Waals surface area contributed by atoms with Crippen molar-refractivity contribution < 1.29 is 0 Å². The van der Waals surface area contributed by atoms with Crippen molar-refractivity contribution in [3.05, 3.63) is 10.0 Å². The second-order valence-electron chi connectivity index (χ2n) is 2.27. The first kappa shape index (κ1) is 10.8. The molecule has 0 saturated carbocycles. The maximum absolute atomic E-state index is 5.90. The first-order valence-electron chi connectivity index (χ1n) is 3.60. The Morgan fingerprint density at radius 2 is 1.69 bits per heavy atom. The van der Waals surface area contributed by atoms with Gasteiger partial charge in [-0.3, -0.25) is 0 Å². The summed E-state index contributed by atoms with van der Waals surface area (Å²) in [4.78, 5) is 4.50. The number of aromatic nitrogens is 1. The second-order valence-corrected chi connectivity index (χ2v) is 4.30. The van der Waals surface area contributed by atoms with Gasteiger partial charge in [0.1, 0.15) is 11.6 Å². The third-order valence-electron chi connectivity index (χ3n) is 1.38. The number of nitrogens with zero attached hydrogens (tertiary/aromatic N) is 1. The van der Waals surface area contributed by atoms with Crippen LogP contribution in [-0.2, 0) is 0 Å². The average Bonchev–Trinajstić information content (AvgIpc) is 2.09. The third-order valence-corrected chi connectivity index (χ3v) is 3.35. The van der Waals surface area contributed by atoms with Gasteiger partial charge in [0.25, 0.3) is 0 Å². The fraction of sp³-hybridized carbons (Fsp3) is 0.286. The minimum Gasteiger partial charge on any atom is -0.382 e. The zero-order valence-corrected chi connectivity index (χ0v) is 9.30. The topological polar surface area (TPSA) is 64.9 Å². The van der Waals surface area contributed by atoms with Gasteiger partial charge >= 0.3 is 0 Å². The Labute approximate surface area is 90.8 Å². The molecule has 0 fully saturated rings. The second kappa shape index (κ2) is 4.26. The fourth-order valence-electron chi connectivity index (χ4n) is 0.828. The quantitative estimate of drug-likeness (QED) is 0.777. The number of pyridine rings is 1. The number of halogens is 2. The number of thioether (sulfide) groups is 1. The lowest BCUT2D eigenvalue weighted by atomic mass is 10.4. The van der Waals surface area contributed by atoms with Crippen molar-refractivity contribution in [2.45, 2.75) is 11.8 Å². The monoisotopic (exact) mass is 237 g/mol. The Morgan fingerprint density at radius 3 is 2.08 bits per heavy atom. The van der Waals surface area contributed by atoms with E-state index < -0.39 is 0 Å². The Kier molecular flexibility index (Phi) is 3.53. The first-order valence-corrected chi connectivity index (χ1v) is 5.34. The van der Waals surface area contributed by atoms with Crippen LogP contribution in [0.25, 0.3) is 0 Å². The molecule has 1 aromatic rings. The summed E-state index contributed by atoms with van der Waals surface area (Å²) in [6, 6.07) is 0. The first-order chi connectivity index (χ1) is 6.07. The van der Waals surface area contributed by atoms with E-state index in [0.29, 0.717) is 14.9 Å². The van der Waals surface area contributed by atoms with Crippen molar-refractivity contribution in [1.29, 1.82) is 0 Å². The standard InChI is InChI=1S/C7H9Cl2N3S/c1-2-13-5-3(8)6(10)12-7(11)4(5)9/h2H2,1H3,(H4,10,11,12). The number of nitrogens with two attached hydrogens (primary N) is 2. The highest BCUT2D eigenvalue weighted by atomic mass is 35.5.